The average Bonchev–Trinajstić information content (AvgIpc) is 2.83. The Labute approximate surface area is 217 Å². The first-order valence-corrected chi connectivity index (χ1v) is 13.3. The van der Waals surface area contributed by atoms with Crippen molar-refractivity contribution in [2.75, 3.05) is 0 Å². The van der Waals surface area contributed by atoms with Gasteiger partial charge in [0.25, 0.3) is 0 Å². The van der Waals surface area contributed by atoms with Gasteiger partial charge >= 0.3 is 17.9 Å². The van der Waals surface area contributed by atoms with Crippen LogP contribution >= 0.6 is 0 Å². The normalized spacial score (nSPS) is 23.7. The molecular weight excluding hydrogens is 472 g/mol. The summed E-state index contributed by atoms with van der Waals surface area (Å²) in [5.74, 6) is 0.730. The van der Waals surface area contributed by atoms with Gasteiger partial charge in [0.05, 0.1) is 0 Å². The van der Waals surface area contributed by atoms with E-state index in [0.717, 1.165) is 62.7 Å². The van der Waals surface area contributed by atoms with Crippen LogP contribution < -0.4 is 18.9 Å². The largest absolute Gasteiger partial charge is 0.482 e. The van der Waals surface area contributed by atoms with Gasteiger partial charge in [-0.1, -0.05) is 31.7 Å². The third-order valence-corrected chi connectivity index (χ3v) is 8.23. The van der Waals surface area contributed by atoms with Crippen LogP contribution in [0.3, 0.4) is 0 Å². The van der Waals surface area contributed by atoms with E-state index in [1.165, 1.54) is 32.8 Å². The molecule has 2 saturated carbocycles. The monoisotopic (exact) mass is 506 g/mol. The molecule has 1 spiro atoms. The fourth-order valence-electron chi connectivity index (χ4n) is 7.10. The zero-order chi connectivity index (χ0) is 26.2. The van der Waals surface area contributed by atoms with Crippen LogP contribution in [0.4, 0.5) is 0 Å². The first-order chi connectivity index (χ1) is 17.7. The highest BCUT2D eigenvalue weighted by atomic mass is 16.6. The van der Waals surface area contributed by atoms with Crippen LogP contribution in [0.1, 0.15) is 89.7 Å². The lowest BCUT2D eigenvalue weighted by Gasteiger charge is -2.58. The van der Waals surface area contributed by atoms with Crippen LogP contribution in [0, 0.1) is 5.92 Å². The Kier molecular flexibility index (Phi) is 6.73. The van der Waals surface area contributed by atoms with Crippen LogP contribution in [-0.2, 0) is 25.4 Å². The van der Waals surface area contributed by atoms with Gasteiger partial charge in [-0.2, -0.15) is 0 Å². The molecule has 0 unspecified atom stereocenters. The highest BCUT2D eigenvalue weighted by Crippen LogP contribution is 2.64. The molecule has 2 atom stereocenters. The molecule has 2 aromatic rings. The summed E-state index contributed by atoms with van der Waals surface area (Å²) in [5.41, 5.74) is 1.13. The van der Waals surface area contributed by atoms with Crippen molar-refractivity contribution in [2.24, 2.45) is 5.92 Å². The summed E-state index contributed by atoms with van der Waals surface area (Å²) in [7, 11) is 0. The number of benzene rings is 2. The van der Waals surface area contributed by atoms with Gasteiger partial charge in [0, 0.05) is 55.4 Å². The number of ether oxygens (including phenoxy) is 4. The number of hydrogen-bond acceptors (Lipinski definition) is 7. The summed E-state index contributed by atoms with van der Waals surface area (Å²) in [6.07, 6.45) is 9.42. The number of rotatable bonds is 4. The summed E-state index contributed by atoms with van der Waals surface area (Å²) in [6.45, 7) is 4.09. The van der Waals surface area contributed by atoms with E-state index in [4.69, 9.17) is 18.9 Å². The standard InChI is InChI=1S/C30H34O7/c1-19(31)34-22-11-13-25(26(17-22)36-21(3)33)30-16-8-5-9-28(30)29(14-6-4-7-15-29)24-12-10-23(35-20(2)32)18-27(24)37-30/h10-13,17-18,28H,4-9,14-16H2,1-3H3/t28-,30-/m0/s1. The molecule has 5 rings (SSSR count). The van der Waals surface area contributed by atoms with E-state index in [0.29, 0.717) is 17.2 Å². The second kappa shape index (κ2) is 9.84. The van der Waals surface area contributed by atoms with Crippen LogP contribution in [0.15, 0.2) is 36.4 Å². The van der Waals surface area contributed by atoms with Gasteiger partial charge in [0.15, 0.2) is 0 Å². The van der Waals surface area contributed by atoms with Crippen LogP contribution in [0.5, 0.6) is 23.0 Å². The molecule has 7 nitrogen and oxygen atoms in total. The summed E-state index contributed by atoms with van der Waals surface area (Å²) < 4.78 is 23.5. The highest BCUT2D eigenvalue weighted by Gasteiger charge is 2.60. The molecule has 2 aliphatic carbocycles. The molecule has 0 bridgehead atoms. The maximum absolute atomic E-state index is 12.2. The van der Waals surface area contributed by atoms with Gasteiger partial charge in [0.2, 0.25) is 0 Å². The summed E-state index contributed by atoms with van der Waals surface area (Å²) in [4.78, 5) is 35.5. The van der Waals surface area contributed by atoms with Crippen LogP contribution in [0.25, 0.3) is 0 Å². The summed E-state index contributed by atoms with van der Waals surface area (Å²) in [5, 5.41) is 0. The molecular formula is C30H34O7. The molecule has 2 fully saturated rings. The SMILES string of the molecule is CC(=O)Oc1ccc2c(c1)O[C@]1(c3ccc(OC(C)=O)cc3OC(C)=O)CCCC[C@H]1C21CCCCC1. The van der Waals surface area contributed by atoms with Crippen molar-refractivity contribution >= 4 is 17.9 Å². The quantitative estimate of drug-likeness (QED) is 0.363. The second-order valence-corrected chi connectivity index (χ2v) is 10.6. The van der Waals surface area contributed by atoms with Crippen molar-refractivity contribution in [1.82, 2.24) is 0 Å². The van der Waals surface area contributed by atoms with Crippen molar-refractivity contribution in [3.63, 3.8) is 0 Å². The number of esters is 3. The van der Waals surface area contributed by atoms with E-state index in [-0.39, 0.29) is 17.3 Å². The van der Waals surface area contributed by atoms with E-state index < -0.39 is 17.5 Å². The first-order valence-electron chi connectivity index (χ1n) is 13.3. The lowest BCUT2D eigenvalue weighted by atomic mass is 9.51. The Bertz CT molecular complexity index is 1230. The van der Waals surface area contributed by atoms with Crippen molar-refractivity contribution < 1.29 is 33.3 Å². The van der Waals surface area contributed by atoms with Gasteiger partial charge in [-0.15, -0.1) is 0 Å². The number of hydrogen-bond donors (Lipinski definition) is 0. The maximum Gasteiger partial charge on any atom is 0.308 e. The fraction of sp³-hybridized carbons (Fsp3) is 0.500. The predicted molar refractivity (Wildman–Crippen MR) is 136 cm³/mol. The van der Waals surface area contributed by atoms with Gasteiger partial charge in [-0.05, 0) is 50.3 Å². The molecule has 1 aliphatic heterocycles. The summed E-state index contributed by atoms with van der Waals surface area (Å²) in [6, 6.07) is 11.0. The molecule has 3 aliphatic rings. The minimum absolute atomic E-state index is 0.0942. The Hall–Kier alpha value is -3.35. The number of carbonyl (C=O) groups is 3. The zero-order valence-electron chi connectivity index (χ0n) is 21.8. The maximum atomic E-state index is 12.2. The van der Waals surface area contributed by atoms with Crippen LogP contribution in [0.2, 0.25) is 0 Å². The molecule has 196 valence electrons. The van der Waals surface area contributed by atoms with Crippen molar-refractivity contribution in [3.8, 4) is 23.0 Å². The van der Waals surface area contributed by atoms with Crippen molar-refractivity contribution in [3.05, 3.63) is 47.5 Å². The molecule has 0 saturated heterocycles. The second-order valence-electron chi connectivity index (χ2n) is 10.6. The fourth-order valence-corrected chi connectivity index (χ4v) is 7.10. The third-order valence-electron chi connectivity index (χ3n) is 8.23. The van der Waals surface area contributed by atoms with Gasteiger partial charge in [0.1, 0.15) is 28.6 Å². The smallest absolute Gasteiger partial charge is 0.308 e. The Balaban J connectivity index is 1.71. The Morgan fingerprint density at radius 1 is 0.730 bits per heavy atom. The van der Waals surface area contributed by atoms with Crippen molar-refractivity contribution in [2.45, 2.75) is 89.6 Å². The van der Waals surface area contributed by atoms with E-state index >= 15 is 0 Å². The summed E-state index contributed by atoms with van der Waals surface area (Å²) >= 11 is 0. The minimum Gasteiger partial charge on any atom is -0.482 e. The lowest BCUT2D eigenvalue weighted by Crippen LogP contribution is -2.57. The first kappa shape index (κ1) is 25.3. The zero-order valence-corrected chi connectivity index (χ0v) is 21.8. The number of fused-ring (bicyclic) bond motifs is 4. The van der Waals surface area contributed by atoms with Gasteiger partial charge in [-0.25, -0.2) is 0 Å². The predicted octanol–water partition coefficient (Wildman–Crippen LogP) is 6.14. The molecule has 0 amide bonds. The average molecular weight is 507 g/mol. The topological polar surface area (TPSA) is 88.1 Å². The third kappa shape index (κ3) is 4.60. The number of carbonyl (C=O) groups excluding carboxylic acids is 3. The van der Waals surface area contributed by atoms with Gasteiger partial charge in [-0.3, -0.25) is 14.4 Å². The Morgan fingerprint density at radius 2 is 1.32 bits per heavy atom. The highest BCUT2D eigenvalue weighted by molar-refractivity contribution is 5.72. The molecule has 0 radical (unpaired) electrons. The molecule has 7 heteroatoms. The van der Waals surface area contributed by atoms with E-state index in [2.05, 4.69) is 6.07 Å². The molecule has 1 heterocycles. The Morgan fingerprint density at radius 3 is 1.97 bits per heavy atom. The molecule has 2 aromatic carbocycles. The molecule has 0 aromatic heterocycles. The minimum atomic E-state index is -0.739. The van der Waals surface area contributed by atoms with E-state index in [1.54, 1.807) is 12.1 Å². The lowest BCUT2D eigenvalue weighted by molar-refractivity contribution is -0.133. The molecule has 0 N–H and O–H groups in total. The van der Waals surface area contributed by atoms with Crippen LogP contribution in [-0.4, -0.2) is 17.9 Å². The van der Waals surface area contributed by atoms with E-state index in [9.17, 15) is 14.4 Å². The van der Waals surface area contributed by atoms with Crippen molar-refractivity contribution in [1.29, 1.82) is 0 Å². The van der Waals surface area contributed by atoms with Gasteiger partial charge < -0.3 is 18.9 Å². The molecule has 37 heavy (non-hydrogen) atoms. The van der Waals surface area contributed by atoms with E-state index in [1.807, 2.05) is 18.2 Å².